The number of nitrogens with zero attached hydrogens (tertiary/aromatic N) is 2. The maximum absolute atomic E-state index is 13.5. The molecule has 3 N–H and O–H groups in total. The van der Waals surface area contributed by atoms with Gasteiger partial charge in [-0.3, -0.25) is 14.8 Å². The number of rotatable bonds is 4. The van der Waals surface area contributed by atoms with E-state index in [1.165, 1.54) is 12.4 Å². The van der Waals surface area contributed by atoms with Crippen LogP contribution in [0.2, 0.25) is 0 Å². The van der Waals surface area contributed by atoms with Crippen molar-refractivity contribution in [1.82, 2.24) is 15.2 Å². The van der Waals surface area contributed by atoms with Crippen molar-refractivity contribution in [2.24, 2.45) is 0 Å². The molecule has 0 radical (unpaired) electrons. The molecule has 1 amide bonds. The number of anilines is 2. The number of aromatic nitrogens is 3. The average Bonchev–Trinajstić information content (AvgIpc) is 2.83. The Bertz CT molecular complexity index is 729. The largest absolute Gasteiger partial charge is 0.291 e. The fourth-order valence-corrected chi connectivity index (χ4v) is 1.95. The molecule has 0 saturated carbocycles. The molecule has 0 aliphatic heterocycles. The van der Waals surface area contributed by atoms with Crippen molar-refractivity contribution in [3.8, 4) is 0 Å². The molecule has 2 aromatic rings. The van der Waals surface area contributed by atoms with Crippen molar-refractivity contribution in [3.63, 3.8) is 0 Å². The molecule has 1 aromatic heterocycles. The number of hydrogen-bond donors (Lipinski definition) is 3. The third kappa shape index (κ3) is 3.51. The maximum atomic E-state index is 13.5. The minimum atomic E-state index is -3.64. The molecule has 2 rings (SSSR count). The van der Waals surface area contributed by atoms with Crippen LogP contribution in [0.15, 0.2) is 24.5 Å². The predicted octanol–water partition coefficient (Wildman–Crippen LogP) is 0.568. The summed E-state index contributed by atoms with van der Waals surface area (Å²) in [6.45, 7) is 0. The molecule has 0 aliphatic rings. The van der Waals surface area contributed by atoms with E-state index in [0.717, 1.165) is 18.4 Å². The van der Waals surface area contributed by atoms with E-state index >= 15 is 0 Å². The molecule has 1 aromatic carbocycles. The fourth-order valence-electron chi connectivity index (χ4n) is 1.39. The topological polar surface area (TPSA) is 117 Å². The SMILES string of the molecule is CS(=O)(=O)Nc1cc(C(=O)Nc2ncn[nH]2)ccc1F. The van der Waals surface area contributed by atoms with Crippen molar-refractivity contribution in [3.05, 3.63) is 35.9 Å². The van der Waals surface area contributed by atoms with Gasteiger partial charge >= 0.3 is 0 Å². The Morgan fingerprint density at radius 3 is 2.75 bits per heavy atom. The first kappa shape index (κ1) is 13.9. The highest BCUT2D eigenvalue weighted by Crippen LogP contribution is 2.17. The van der Waals surface area contributed by atoms with E-state index in [1.807, 2.05) is 4.72 Å². The summed E-state index contributed by atoms with van der Waals surface area (Å²) in [5.41, 5.74) is -0.244. The summed E-state index contributed by atoms with van der Waals surface area (Å²) in [4.78, 5) is 15.5. The summed E-state index contributed by atoms with van der Waals surface area (Å²) in [5.74, 6) is -1.25. The zero-order valence-electron chi connectivity index (χ0n) is 10.2. The number of sulfonamides is 1. The van der Waals surface area contributed by atoms with Crippen molar-refractivity contribution >= 4 is 27.6 Å². The van der Waals surface area contributed by atoms with Gasteiger partial charge in [-0.15, -0.1) is 0 Å². The zero-order valence-corrected chi connectivity index (χ0v) is 11.0. The van der Waals surface area contributed by atoms with Crippen molar-refractivity contribution < 1.29 is 17.6 Å². The normalized spacial score (nSPS) is 11.1. The van der Waals surface area contributed by atoms with Gasteiger partial charge < -0.3 is 0 Å². The van der Waals surface area contributed by atoms with E-state index in [2.05, 4.69) is 20.5 Å². The van der Waals surface area contributed by atoms with Crippen LogP contribution in [-0.2, 0) is 10.0 Å². The van der Waals surface area contributed by atoms with Crippen molar-refractivity contribution in [1.29, 1.82) is 0 Å². The van der Waals surface area contributed by atoms with Crippen LogP contribution in [0.25, 0.3) is 0 Å². The maximum Gasteiger partial charge on any atom is 0.258 e. The highest BCUT2D eigenvalue weighted by Gasteiger charge is 2.13. The van der Waals surface area contributed by atoms with Gasteiger partial charge in [0.2, 0.25) is 16.0 Å². The lowest BCUT2D eigenvalue weighted by atomic mass is 10.2. The highest BCUT2D eigenvalue weighted by atomic mass is 32.2. The van der Waals surface area contributed by atoms with Crippen LogP contribution in [-0.4, -0.2) is 35.8 Å². The summed E-state index contributed by atoms with van der Waals surface area (Å²) in [6.07, 6.45) is 2.09. The first-order valence-corrected chi connectivity index (χ1v) is 7.18. The number of aromatic amines is 1. The molecule has 106 valence electrons. The first-order chi connectivity index (χ1) is 9.35. The lowest BCUT2D eigenvalue weighted by molar-refractivity contribution is 0.102. The van der Waals surface area contributed by atoms with Gasteiger partial charge in [-0.25, -0.2) is 17.9 Å². The Labute approximate surface area is 113 Å². The molecule has 0 spiro atoms. The number of carbonyl (C=O) groups excluding carboxylic acids is 1. The van der Waals surface area contributed by atoms with Gasteiger partial charge in [-0.2, -0.15) is 10.1 Å². The number of H-pyrrole nitrogens is 1. The van der Waals surface area contributed by atoms with Gasteiger partial charge in [0.1, 0.15) is 12.1 Å². The molecule has 0 aliphatic carbocycles. The standard InChI is InChI=1S/C10H10FN5O3S/c1-20(18,19)16-8-4-6(2-3-7(8)11)9(17)14-10-12-5-13-15-10/h2-5,16H,1H3,(H2,12,13,14,15,17). The van der Waals surface area contributed by atoms with Crippen molar-refractivity contribution in [2.45, 2.75) is 0 Å². The molecule has 0 unspecified atom stereocenters. The molecular formula is C10H10FN5O3S. The van der Waals surface area contributed by atoms with Crippen LogP contribution in [0.4, 0.5) is 16.0 Å². The van der Waals surface area contributed by atoms with Crippen LogP contribution in [0.3, 0.4) is 0 Å². The summed E-state index contributed by atoms with van der Waals surface area (Å²) < 4.78 is 37.6. The predicted molar refractivity (Wildman–Crippen MR) is 69.2 cm³/mol. The lowest BCUT2D eigenvalue weighted by Gasteiger charge is -2.07. The molecule has 20 heavy (non-hydrogen) atoms. The molecule has 10 heteroatoms. The van der Waals surface area contributed by atoms with E-state index in [9.17, 15) is 17.6 Å². The molecule has 1 heterocycles. The number of halogens is 1. The van der Waals surface area contributed by atoms with Crippen LogP contribution in [0.5, 0.6) is 0 Å². The number of benzene rings is 1. The van der Waals surface area contributed by atoms with Gasteiger partial charge in [-0.1, -0.05) is 0 Å². The monoisotopic (exact) mass is 299 g/mol. The summed E-state index contributed by atoms with van der Waals surface area (Å²) >= 11 is 0. The first-order valence-electron chi connectivity index (χ1n) is 5.29. The smallest absolute Gasteiger partial charge is 0.258 e. The Balaban J connectivity index is 2.24. The van der Waals surface area contributed by atoms with Gasteiger partial charge in [0.25, 0.3) is 5.91 Å². The van der Waals surface area contributed by atoms with Crippen molar-refractivity contribution in [2.75, 3.05) is 16.3 Å². The number of amides is 1. The van der Waals surface area contributed by atoms with Gasteiger partial charge in [0.15, 0.2) is 0 Å². The molecule has 0 saturated heterocycles. The van der Waals surface area contributed by atoms with E-state index in [1.54, 1.807) is 0 Å². The minimum absolute atomic E-state index is 0.0638. The van der Waals surface area contributed by atoms with Gasteiger partial charge in [0, 0.05) is 5.56 Å². The van der Waals surface area contributed by atoms with Crippen LogP contribution in [0, 0.1) is 5.82 Å². The van der Waals surface area contributed by atoms with E-state index < -0.39 is 21.7 Å². The molecule has 0 fully saturated rings. The Morgan fingerprint density at radius 2 is 2.15 bits per heavy atom. The third-order valence-electron chi connectivity index (χ3n) is 2.17. The second-order valence-corrected chi connectivity index (χ2v) is 5.61. The second-order valence-electron chi connectivity index (χ2n) is 3.86. The Morgan fingerprint density at radius 1 is 1.40 bits per heavy atom. The van der Waals surface area contributed by atoms with Gasteiger partial charge in [-0.05, 0) is 18.2 Å². The summed E-state index contributed by atoms with van der Waals surface area (Å²) in [7, 11) is -3.64. The molecule has 0 bridgehead atoms. The number of carbonyl (C=O) groups is 1. The molecule has 0 atom stereocenters. The average molecular weight is 299 g/mol. The Hall–Kier alpha value is -2.49. The second kappa shape index (κ2) is 5.25. The third-order valence-corrected chi connectivity index (χ3v) is 2.76. The van der Waals surface area contributed by atoms with Gasteiger partial charge in [0.05, 0.1) is 11.9 Å². The van der Waals surface area contributed by atoms with Crippen LogP contribution >= 0.6 is 0 Å². The number of hydrogen-bond acceptors (Lipinski definition) is 5. The highest BCUT2D eigenvalue weighted by molar-refractivity contribution is 7.92. The number of nitrogens with one attached hydrogen (secondary N) is 3. The van der Waals surface area contributed by atoms with E-state index in [-0.39, 0.29) is 17.2 Å². The molecular weight excluding hydrogens is 289 g/mol. The molecule has 8 nitrogen and oxygen atoms in total. The van der Waals surface area contributed by atoms with E-state index in [4.69, 9.17) is 0 Å². The Kier molecular flexibility index (Phi) is 3.66. The van der Waals surface area contributed by atoms with Crippen LogP contribution in [0.1, 0.15) is 10.4 Å². The quantitative estimate of drug-likeness (QED) is 0.763. The summed E-state index contributed by atoms with van der Waals surface area (Å²) in [5, 5.41) is 8.35. The summed E-state index contributed by atoms with van der Waals surface area (Å²) in [6, 6.07) is 3.29. The minimum Gasteiger partial charge on any atom is -0.291 e. The van der Waals surface area contributed by atoms with E-state index in [0.29, 0.717) is 0 Å². The van der Waals surface area contributed by atoms with Crippen LogP contribution < -0.4 is 10.0 Å². The zero-order chi connectivity index (χ0) is 14.8. The lowest BCUT2D eigenvalue weighted by Crippen LogP contribution is -2.15. The fraction of sp³-hybridized carbons (Fsp3) is 0.100.